The van der Waals surface area contributed by atoms with E-state index in [2.05, 4.69) is 21.3 Å². The number of nitrogens with two attached hydrogens (primary N) is 1. The molecule has 8 nitrogen and oxygen atoms in total. The van der Waals surface area contributed by atoms with Crippen LogP contribution in [0.3, 0.4) is 0 Å². The van der Waals surface area contributed by atoms with Crippen molar-refractivity contribution in [1.82, 2.24) is 21.3 Å². The molecule has 0 aliphatic rings. The zero-order valence-corrected chi connectivity index (χ0v) is 20.7. The quantitative estimate of drug-likeness (QED) is 0.334. The second-order valence-corrected chi connectivity index (χ2v) is 9.44. The first-order valence-corrected chi connectivity index (χ1v) is 11.3. The molecule has 6 N–H and O–H groups in total. The molecule has 2 aromatic rings. The lowest BCUT2D eigenvalue weighted by molar-refractivity contribution is -0.137. The number of hydrogen-bond donors (Lipinski definition) is 5. The summed E-state index contributed by atoms with van der Waals surface area (Å²) in [5.74, 6) is -1.95. The Hall–Kier alpha value is -3.60. The summed E-state index contributed by atoms with van der Waals surface area (Å²) in [6, 6.07) is 8.49. The van der Waals surface area contributed by atoms with Gasteiger partial charge >= 0.3 is 6.18 Å². The first-order chi connectivity index (χ1) is 16.7. The predicted molar refractivity (Wildman–Crippen MR) is 131 cm³/mol. The Morgan fingerprint density at radius 3 is 2.33 bits per heavy atom. The van der Waals surface area contributed by atoms with Crippen LogP contribution >= 0.6 is 0 Å². The molecule has 1 unspecified atom stereocenters. The standard InChI is InChI=1S/C25H32F3N5O3/c1-15-8-9-16(10-19(15)29)12-30-13-20(23(36)33-24(2,3)4)32-21(34)14-31-22(35)17-6-5-7-18(11-17)25(26,27)28/h5-11,20,30H,12-14,29H2,1-4H3,(H,31,35)(H,32,34)(H,33,36). The van der Waals surface area contributed by atoms with Crippen molar-refractivity contribution in [2.24, 2.45) is 0 Å². The number of halogens is 3. The van der Waals surface area contributed by atoms with E-state index in [0.717, 1.165) is 23.3 Å². The number of rotatable bonds is 9. The minimum absolute atomic E-state index is 0.0863. The number of benzene rings is 2. The van der Waals surface area contributed by atoms with Gasteiger partial charge in [0.05, 0.1) is 12.1 Å². The minimum atomic E-state index is -4.60. The van der Waals surface area contributed by atoms with E-state index in [-0.39, 0.29) is 12.1 Å². The molecule has 0 bridgehead atoms. The van der Waals surface area contributed by atoms with E-state index in [4.69, 9.17) is 5.73 Å². The van der Waals surface area contributed by atoms with Crippen molar-refractivity contribution < 1.29 is 27.6 Å². The second-order valence-electron chi connectivity index (χ2n) is 9.44. The van der Waals surface area contributed by atoms with Crippen molar-refractivity contribution in [2.75, 3.05) is 18.8 Å². The molecule has 0 saturated carbocycles. The normalized spacial score (nSPS) is 12.5. The number of nitrogen functional groups attached to an aromatic ring is 1. The molecular formula is C25H32F3N5O3. The molecule has 0 saturated heterocycles. The van der Waals surface area contributed by atoms with Gasteiger partial charge in [-0.1, -0.05) is 18.2 Å². The third-order valence-corrected chi connectivity index (χ3v) is 5.03. The van der Waals surface area contributed by atoms with Gasteiger partial charge in [-0.15, -0.1) is 0 Å². The summed E-state index contributed by atoms with van der Waals surface area (Å²) in [6.07, 6.45) is -4.60. The van der Waals surface area contributed by atoms with E-state index in [1.807, 2.05) is 25.1 Å². The highest BCUT2D eigenvalue weighted by atomic mass is 19.4. The van der Waals surface area contributed by atoms with E-state index in [9.17, 15) is 27.6 Å². The van der Waals surface area contributed by atoms with E-state index >= 15 is 0 Å². The molecule has 0 heterocycles. The van der Waals surface area contributed by atoms with Gasteiger partial charge in [-0.25, -0.2) is 0 Å². The fraction of sp³-hybridized carbons (Fsp3) is 0.400. The van der Waals surface area contributed by atoms with Gasteiger partial charge in [0.2, 0.25) is 11.8 Å². The van der Waals surface area contributed by atoms with E-state index in [1.165, 1.54) is 6.07 Å². The van der Waals surface area contributed by atoms with E-state index in [1.54, 1.807) is 20.8 Å². The summed E-state index contributed by atoms with van der Waals surface area (Å²) < 4.78 is 38.7. The average Bonchev–Trinajstić information content (AvgIpc) is 2.77. The lowest BCUT2D eigenvalue weighted by atomic mass is 10.1. The molecule has 1 atom stereocenters. The van der Waals surface area contributed by atoms with Gasteiger partial charge in [0, 0.05) is 29.9 Å². The monoisotopic (exact) mass is 507 g/mol. The Morgan fingerprint density at radius 2 is 1.72 bits per heavy atom. The molecule has 36 heavy (non-hydrogen) atoms. The van der Waals surface area contributed by atoms with Gasteiger partial charge < -0.3 is 27.0 Å². The van der Waals surface area contributed by atoms with Crippen LogP contribution in [-0.4, -0.2) is 42.4 Å². The van der Waals surface area contributed by atoms with Crippen LogP contribution in [0.2, 0.25) is 0 Å². The minimum Gasteiger partial charge on any atom is -0.399 e. The van der Waals surface area contributed by atoms with Gasteiger partial charge in [0.15, 0.2) is 0 Å². The Bertz CT molecular complexity index is 1100. The van der Waals surface area contributed by atoms with Gasteiger partial charge in [-0.2, -0.15) is 13.2 Å². The number of aryl methyl sites for hydroxylation is 1. The van der Waals surface area contributed by atoms with Crippen LogP contribution in [0.5, 0.6) is 0 Å². The van der Waals surface area contributed by atoms with Crippen molar-refractivity contribution in [3.63, 3.8) is 0 Å². The van der Waals surface area contributed by atoms with Crippen LogP contribution in [0.4, 0.5) is 18.9 Å². The number of amides is 3. The van der Waals surface area contributed by atoms with Crippen molar-refractivity contribution >= 4 is 23.4 Å². The molecule has 11 heteroatoms. The van der Waals surface area contributed by atoms with Crippen LogP contribution in [0.1, 0.15) is 47.8 Å². The SMILES string of the molecule is Cc1ccc(CNCC(NC(=O)CNC(=O)c2cccc(C(F)(F)F)c2)C(=O)NC(C)(C)C)cc1N. The molecular weight excluding hydrogens is 475 g/mol. The van der Waals surface area contributed by atoms with Crippen LogP contribution < -0.4 is 27.0 Å². The topological polar surface area (TPSA) is 125 Å². The fourth-order valence-corrected chi connectivity index (χ4v) is 3.17. The first kappa shape index (κ1) is 28.6. The van der Waals surface area contributed by atoms with Crippen LogP contribution in [0.25, 0.3) is 0 Å². The Kier molecular flexibility index (Phi) is 9.46. The van der Waals surface area contributed by atoms with Gasteiger partial charge in [0.1, 0.15) is 6.04 Å². The van der Waals surface area contributed by atoms with Gasteiger partial charge in [-0.05, 0) is 63.1 Å². The molecule has 3 amide bonds. The summed E-state index contributed by atoms with van der Waals surface area (Å²) >= 11 is 0. The smallest absolute Gasteiger partial charge is 0.399 e. The molecule has 0 radical (unpaired) electrons. The summed E-state index contributed by atoms with van der Waals surface area (Å²) in [5.41, 5.74) is 6.64. The number of nitrogens with one attached hydrogen (secondary N) is 4. The Balaban J connectivity index is 1.99. The molecule has 0 aromatic heterocycles. The number of carbonyl (C=O) groups is 3. The molecule has 2 rings (SSSR count). The van der Waals surface area contributed by atoms with Crippen molar-refractivity contribution in [2.45, 2.75) is 52.0 Å². The fourth-order valence-electron chi connectivity index (χ4n) is 3.17. The van der Waals surface area contributed by atoms with Crippen molar-refractivity contribution in [3.8, 4) is 0 Å². The zero-order chi connectivity index (χ0) is 27.1. The first-order valence-electron chi connectivity index (χ1n) is 11.3. The van der Waals surface area contributed by atoms with Crippen LogP contribution in [0.15, 0.2) is 42.5 Å². The highest BCUT2D eigenvalue weighted by Crippen LogP contribution is 2.29. The highest BCUT2D eigenvalue weighted by Gasteiger charge is 2.31. The Labute approximate surface area is 208 Å². The van der Waals surface area contributed by atoms with Crippen molar-refractivity contribution in [3.05, 3.63) is 64.7 Å². The molecule has 196 valence electrons. The lowest BCUT2D eigenvalue weighted by Gasteiger charge is -2.26. The largest absolute Gasteiger partial charge is 0.416 e. The number of alkyl halides is 3. The number of carbonyl (C=O) groups excluding carboxylic acids is 3. The maximum Gasteiger partial charge on any atom is 0.416 e. The molecule has 0 spiro atoms. The third kappa shape index (κ3) is 9.21. The average molecular weight is 508 g/mol. The number of anilines is 1. The molecule has 0 fully saturated rings. The van der Waals surface area contributed by atoms with Gasteiger partial charge in [0.25, 0.3) is 5.91 Å². The van der Waals surface area contributed by atoms with Gasteiger partial charge in [-0.3, -0.25) is 14.4 Å². The molecule has 2 aromatic carbocycles. The zero-order valence-electron chi connectivity index (χ0n) is 20.7. The Morgan fingerprint density at radius 1 is 1.03 bits per heavy atom. The third-order valence-electron chi connectivity index (χ3n) is 5.03. The maximum absolute atomic E-state index is 12.9. The summed E-state index contributed by atoms with van der Waals surface area (Å²) in [5, 5.41) is 10.7. The van der Waals surface area contributed by atoms with E-state index < -0.39 is 47.6 Å². The molecule has 0 aliphatic carbocycles. The highest BCUT2D eigenvalue weighted by molar-refractivity contribution is 5.97. The van der Waals surface area contributed by atoms with Crippen molar-refractivity contribution in [1.29, 1.82) is 0 Å². The van der Waals surface area contributed by atoms with E-state index in [0.29, 0.717) is 18.3 Å². The number of hydrogen-bond acceptors (Lipinski definition) is 5. The maximum atomic E-state index is 12.9. The predicted octanol–water partition coefficient (Wildman–Crippen LogP) is 2.52. The summed E-state index contributed by atoms with van der Waals surface area (Å²) in [6.45, 7) is 7.23. The summed E-state index contributed by atoms with van der Waals surface area (Å²) in [7, 11) is 0. The lowest BCUT2D eigenvalue weighted by Crippen LogP contribution is -2.56. The molecule has 0 aliphatic heterocycles. The summed E-state index contributed by atoms with van der Waals surface area (Å²) in [4.78, 5) is 37.5. The van der Waals surface area contributed by atoms with Crippen LogP contribution in [-0.2, 0) is 22.3 Å². The van der Waals surface area contributed by atoms with Crippen LogP contribution in [0, 0.1) is 6.92 Å². The second kappa shape index (κ2) is 11.9.